The van der Waals surface area contributed by atoms with Gasteiger partial charge in [-0.05, 0) is 34.1 Å². The fourth-order valence-corrected chi connectivity index (χ4v) is 3.54. The van der Waals surface area contributed by atoms with Crippen LogP contribution in [0.1, 0.15) is 85.1 Å². The molecule has 3 heteroatoms. The van der Waals surface area contributed by atoms with E-state index >= 15 is 0 Å². The van der Waals surface area contributed by atoms with E-state index in [2.05, 4.69) is 19.1 Å². The van der Waals surface area contributed by atoms with Gasteiger partial charge in [0.25, 0.3) is 0 Å². The molecule has 1 aromatic carbocycles. The van der Waals surface area contributed by atoms with Crippen molar-refractivity contribution in [2.45, 2.75) is 97.6 Å². The van der Waals surface area contributed by atoms with E-state index in [-0.39, 0.29) is 24.7 Å². The van der Waals surface area contributed by atoms with Crippen LogP contribution in [-0.4, -0.2) is 23.9 Å². The number of benzene rings is 1. The molecule has 0 aliphatic carbocycles. The van der Waals surface area contributed by atoms with Gasteiger partial charge in [-0.1, -0.05) is 75.8 Å². The molecule has 150 valence electrons. The third-order valence-electron chi connectivity index (χ3n) is 4.66. The summed E-state index contributed by atoms with van der Waals surface area (Å²) in [6.45, 7) is 10.4. The number of aliphatic hydroxyl groups excluding tert-OH is 1. The smallest absolute Gasteiger partial charge is 0.200 e. The van der Waals surface area contributed by atoms with Crippen LogP contribution in [0, 0.1) is 5.92 Å². The number of unbranched alkanes of at least 4 members (excludes halogenated alkanes) is 5. The summed E-state index contributed by atoms with van der Waals surface area (Å²) in [4.78, 5) is 0. The van der Waals surface area contributed by atoms with Gasteiger partial charge >= 0.3 is 0 Å². The zero-order valence-electron chi connectivity index (χ0n) is 17.5. The standard InChI is InChI=1S/C23H40O3/c1-6-7-8-9-10-12-17-22(18-24)23(25-19(2)3,26-20(4)5)21-15-13-11-14-16-21/h11,13-16,19-20,22,24H,6-10,12,17-18H2,1-5H3. The molecule has 0 amide bonds. The van der Waals surface area contributed by atoms with Crippen LogP contribution in [-0.2, 0) is 15.3 Å². The van der Waals surface area contributed by atoms with Crippen LogP contribution in [0.4, 0.5) is 0 Å². The first-order valence-electron chi connectivity index (χ1n) is 10.5. The van der Waals surface area contributed by atoms with Crippen molar-refractivity contribution in [1.82, 2.24) is 0 Å². The van der Waals surface area contributed by atoms with Crippen molar-refractivity contribution in [2.75, 3.05) is 6.61 Å². The molecule has 0 aliphatic rings. The third kappa shape index (κ3) is 7.38. The Hall–Kier alpha value is -0.900. The molecular weight excluding hydrogens is 324 g/mol. The summed E-state index contributed by atoms with van der Waals surface area (Å²) in [5.41, 5.74) is 0.993. The van der Waals surface area contributed by atoms with Crippen molar-refractivity contribution in [3.05, 3.63) is 35.9 Å². The Kier molecular flexibility index (Phi) is 11.1. The second-order valence-corrected chi connectivity index (χ2v) is 7.80. The van der Waals surface area contributed by atoms with E-state index in [9.17, 15) is 5.11 Å². The Morgan fingerprint density at radius 1 is 0.846 bits per heavy atom. The van der Waals surface area contributed by atoms with Gasteiger partial charge in [-0.2, -0.15) is 0 Å². The zero-order valence-corrected chi connectivity index (χ0v) is 17.5. The van der Waals surface area contributed by atoms with Gasteiger partial charge in [0.2, 0.25) is 0 Å². The average molecular weight is 365 g/mol. The molecule has 0 aromatic heterocycles. The second kappa shape index (κ2) is 12.5. The van der Waals surface area contributed by atoms with Crippen LogP contribution in [0.25, 0.3) is 0 Å². The van der Waals surface area contributed by atoms with Gasteiger partial charge in [0.15, 0.2) is 5.79 Å². The maximum atomic E-state index is 10.2. The predicted octanol–water partition coefficient (Wildman–Crippen LogP) is 6.05. The highest BCUT2D eigenvalue weighted by Gasteiger charge is 2.43. The van der Waals surface area contributed by atoms with E-state index in [0.29, 0.717) is 0 Å². The summed E-state index contributed by atoms with van der Waals surface area (Å²) in [7, 11) is 0. The highest BCUT2D eigenvalue weighted by atomic mass is 16.7. The summed E-state index contributed by atoms with van der Waals surface area (Å²) in [6, 6.07) is 10.1. The van der Waals surface area contributed by atoms with E-state index in [1.165, 1.54) is 32.1 Å². The van der Waals surface area contributed by atoms with Crippen LogP contribution in [0.5, 0.6) is 0 Å². The Morgan fingerprint density at radius 2 is 1.38 bits per heavy atom. The molecule has 0 saturated carbocycles. The summed E-state index contributed by atoms with van der Waals surface area (Å²) in [5.74, 6) is -0.984. The minimum absolute atomic E-state index is 0.00700. The summed E-state index contributed by atoms with van der Waals surface area (Å²) in [6.07, 6.45) is 8.34. The highest BCUT2D eigenvalue weighted by Crippen LogP contribution is 2.40. The predicted molar refractivity (Wildman–Crippen MR) is 109 cm³/mol. The third-order valence-corrected chi connectivity index (χ3v) is 4.66. The molecule has 1 atom stereocenters. The molecule has 1 rings (SSSR count). The lowest BCUT2D eigenvalue weighted by molar-refractivity contribution is -0.311. The number of ether oxygens (including phenoxy) is 2. The van der Waals surface area contributed by atoms with Crippen molar-refractivity contribution in [2.24, 2.45) is 5.92 Å². The average Bonchev–Trinajstić information content (AvgIpc) is 2.60. The quantitative estimate of drug-likeness (QED) is 0.323. The summed E-state index contributed by atoms with van der Waals surface area (Å²) >= 11 is 0. The molecular formula is C23H40O3. The second-order valence-electron chi connectivity index (χ2n) is 7.80. The first-order chi connectivity index (χ1) is 12.5. The topological polar surface area (TPSA) is 38.7 Å². The Labute approximate surface area is 161 Å². The Morgan fingerprint density at radius 3 is 1.88 bits per heavy atom. The van der Waals surface area contributed by atoms with Gasteiger partial charge in [0.05, 0.1) is 18.8 Å². The van der Waals surface area contributed by atoms with Crippen molar-refractivity contribution < 1.29 is 14.6 Å². The number of hydrogen-bond donors (Lipinski definition) is 1. The minimum Gasteiger partial charge on any atom is -0.396 e. The maximum Gasteiger partial charge on any atom is 0.200 e. The Balaban J connectivity index is 2.98. The van der Waals surface area contributed by atoms with Crippen LogP contribution < -0.4 is 0 Å². The van der Waals surface area contributed by atoms with Crippen LogP contribution in [0.15, 0.2) is 30.3 Å². The van der Waals surface area contributed by atoms with E-state index in [1.807, 2.05) is 45.9 Å². The fourth-order valence-electron chi connectivity index (χ4n) is 3.54. The molecule has 0 bridgehead atoms. The van der Waals surface area contributed by atoms with Gasteiger partial charge in [-0.25, -0.2) is 0 Å². The zero-order chi connectivity index (χ0) is 19.4. The first kappa shape index (κ1) is 23.1. The van der Waals surface area contributed by atoms with Crippen molar-refractivity contribution in [3.8, 4) is 0 Å². The highest BCUT2D eigenvalue weighted by molar-refractivity contribution is 5.22. The molecule has 26 heavy (non-hydrogen) atoms. The molecule has 3 nitrogen and oxygen atoms in total. The van der Waals surface area contributed by atoms with E-state index < -0.39 is 5.79 Å². The van der Waals surface area contributed by atoms with E-state index in [0.717, 1.165) is 18.4 Å². The number of hydrogen-bond acceptors (Lipinski definition) is 3. The molecule has 0 heterocycles. The molecule has 1 aromatic rings. The SMILES string of the molecule is CCCCCCCCC(CO)C(OC(C)C)(OC(C)C)c1ccccc1. The number of aliphatic hydroxyl groups is 1. The monoisotopic (exact) mass is 364 g/mol. The minimum atomic E-state index is -0.901. The largest absolute Gasteiger partial charge is 0.396 e. The van der Waals surface area contributed by atoms with Gasteiger partial charge in [-0.15, -0.1) is 0 Å². The van der Waals surface area contributed by atoms with E-state index in [1.54, 1.807) is 0 Å². The fraction of sp³-hybridized carbons (Fsp3) is 0.739. The van der Waals surface area contributed by atoms with Gasteiger partial charge < -0.3 is 14.6 Å². The van der Waals surface area contributed by atoms with Gasteiger partial charge in [0.1, 0.15) is 0 Å². The lowest BCUT2D eigenvalue weighted by atomic mass is 9.86. The first-order valence-corrected chi connectivity index (χ1v) is 10.5. The lowest BCUT2D eigenvalue weighted by Crippen LogP contribution is -2.46. The van der Waals surface area contributed by atoms with E-state index in [4.69, 9.17) is 9.47 Å². The number of rotatable bonds is 14. The molecule has 0 aliphatic heterocycles. The Bertz CT molecular complexity index is 446. The summed E-state index contributed by atoms with van der Waals surface area (Å²) < 4.78 is 12.8. The van der Waals surface area contributed by atoms with Gasteiger partial charge in [-0.3, -0.25) is 0 Å². The molecule has 0 saturated heterocycles. The van der Waals surface area contributed by atoms with Gasteiger partial charge in [0, 0.05) is 11.5 Å². The molecule has 0 spiro atoms. The summed E-state index contributed by atoms with van der Waals surface area (Å²) in [5, 5.41) is 10.2. The van der Waals surface area contributed by atoms with Crippen molar-refractivity contribution in [1.29, 1.82) is 0 Å². The van der Waals surface area contributed by atoms with Crippen LogP contribution >= 0.6 is 0 Å². The van der Waals surface area contributed by atoms with Crippen LogP contribution in [0.3, 0.4) is 0 Å². The molecule has 0 radical (unpaired) electrons. The molecule has 0 fully saturated rings. The molecule has 1 unspecified atom stereocenters. The lowest BCUT2D eigenvalue weighted by Gasteiger charge is -2.42. The van der Waals surface area contributed by atoms with Crippen molar-refractivity contribution in [3.63, 3.8) is 0 Å². The normalized spacial score (nSPS) is 13.5. The van der Waals surface area contributed by atoms with Crippen LogP contribution in [0.2, 0.25) is 0 Å². The van der Waals surface area contributed by atoms with Crippen molar-refractivity contribution >= 4 is 0 Å². The maximum absolute atomic E-state index is 10.2. The molecule has 1 N–H and O–H groups in total.